The van der Waals surface area contributed by atoms with Crippen LogP contribution < -0.4 is 0 Å². The zero-order valence-electron chi connectivity index (χ0n) is 18.4. The van der Waals surface area contributed by atoms with Gasteiger partial charge in [0.15, 0.2) is 0 Å². The fourth-order valence-electron chi connectivity index (χ4n) is 3.08. The molecule has 1 heterocycles. The maximum atomic E-state index is 5.32. The molecule has 0 spiro atoms. The predicted molar refractivity (Wildman–Crippen MR) is 117 cm³/mol. The minimum atomic E-state index is 0.186. The van der Waals surface area contributed by atoms with Crippen molar-refractivity contribution in [2.45, 2.75) is 64.6 Å². The number of morpholine rings is 1. The highest BCUT2D eigenvalue weighted by molar-refractivity contribution is 5.42. The summed E-state index contributed by atoms with van der Waals surface area (Å²) in [4.78, 5) is 21.1. The van der Waals surface area contributed by atoms with Crippen molar-refractivity contribution in [2.24, 2.45) is 20.0 Å². The third-order valence-electron chi connectivity index (χ3n) is 4.81. The van der Waals surface area contributed by atoms with Crippen LogP contribution in [-0.4, -0.2) is 94.1 Å². The van der Waals surface area contributed by atoms with Gasteiger partial charge in [-0.3, -0.25) is 4.90 Å². The van der Waals surface area contributed by atoms with Crippen molar-refractivity contribution in [3.8, 4) is 0 Å². The second kappa shape index (κ2) is 16.6. The summed E-state index contributed by atoms with van der Waals surface area (Å²) in [6.07, 6.45) is 7.70. The van der Waals surface area contributed by atoms with Gasteiger partial charge in [0.1, 0.15) is 6.17 Å². The molecule has 2 aliphatic rings. The van der Waals surface area contributed by atoms with E-state index in [1.165, 1.54) is 32.1 Å². The topological polar surface area (TPSA) is 65.1 Å². The van der Waals surface area contributed by atoms with Crippen molar-refractivity contribution in [1.82, 2.24) is 9.80 Å². The first kappa shape index (κ1) is 24.7. The molecule has 2 fully saturated rings. The Morgan fingerprint density at radius 1 is 1.07 bits per heavy atom. The van der Waals surface area contributed by atoms with Gasteiger partial charge in [0.05, 0.1) is 37.8 Å². The summed E-state index contributed by atoms with van der Waals surface area (Å²) in [5.74, 6) is 0. The Bertz CT molecular complexity index is 497. The molecule has 2 rings (SSSR count). The Balaban J connectivity index is 0.000000311. The van der Waals surface area contributed by atoms with E-state index in [1.54, 1.807) is 0 Å². The maximum Gasteiger partial charge on any atom is 0.110 e. The first-order valence-corrected chi connectivity index (χ1v) is 10.8. The fourth-order valence-corrected chi connectivity index (χ4v) is 3.08. The molecule has 0 aromatic rings. The van der Waals surface area contributed by atoms with E-state index in [4.69, 9.17) is 4.74 Å². The first-order valence-electron chi connectivity index (χ1n) is 10.8. The van der Waals surface area contributed by atoms with Crippen molar-refractivity contribution in [2.75, 3.05) is 60.0 Å². The number of rotatable bonds is 8. The number of hydrogen-bond acceptors (Lipinski definition) is 7. The average Bonchev–Trinajstić information content (AvgIpc) is 2.72. The van der Waals surface area contributed by atoms with Gasteiger partial charge in [0, 0.05) is 19.6 Å². The highest BCUT2D eigenvalue weighted by Gasteiger charge is 2.15. The fraction of sp³-hybridized carbons (Fsp3) is 0.905. The zero-order chi connectivity index (χ0) is 20.5. The van der Waals surface area contributed by atoms with Crippen LogP contribution >= 0.6 is 0 Å². The molecule has 1 saturated carbocycles. The van der Waals surface area contributed by atoms with Crippen LogP contribution in [0.5, 0.6) is 0 Å². The minimum Gasteiger partial charge on any atom is -0.379 e. The molecule has 1 saturated heterocycles. The predicted octanol–water partition coefficient (Wildman–Crippen LogP) is 3.30. The van der Waals surface area contributed by atoms with Crippen LogP contribution in [0.1, 0.15) is 52.4 Å². The molecule has 7 nitrogen and oxygen atoms in total. The Hall–Kier alpha value is -1.36. The van der Waals surface area contributed by atoms with Gasteiger partial charge in [-0.05, 0) is 53.8 Å². The zero-order valence-corrected chi connectivity index (χ0v) is 18.4. The molecule has 0 bridgehead atoms. The molecular formula is C21H40N6O. The van der Waals surface area contributed by atoms with Gasteiger partial charge in [-0.2, -0.15) is 0 Å². The van der Waals surface area contributed by atoms with E-state index in [0.717, 1.165) is 52.4 Å². The van der Waals surface area contributed by atoms with Gasteiger partial charge in [0.2, 0.25) is 0 Å². The molecule has 7 heteroatoms. The molecule has 1 unspecified atom stereocenters. The SMILES string of the molecule is CC(N=C=NC1CCCCC1)N1CCOCC1.CCN=C=NCCCN(C)C. The van der Waals surface area contributed by atoms with E-state index in [1.807, 2.05) is 6.92 Å². The molecule has 1 aliphatic carbocycles. The highest BCUT2D eigenvalue weighted by atomic mass is 16.5. The molecule has 0 aromatic heterocycles. The monoisotopic (exact) mass is 392 g/mol. The molecule has 1 atom stereocenters. The van der Waals surface area contributed by atoms with Gasteiger partial charge >= 0.3 is 0 Å². The van der Waals surface area contributed by atoms with Crippen LogP contribution in [0.4, 0.5) is 0 Å². The minimum absolute atomic E-state index is 0.186. The van der Waals surface area contributed by atoms with Gasteiger partial charge < -0.3 is 9.64 Å². The lowest BCUT2D eigenvalue weighted by molar-refractivity contribution is 0.0221. The van der Waals surface area contributed by atoms with Crippen LogP contribution in [0.25, 0.3) is 0 Å². The summed E-state index contributed by atoms with van der Waals surface area (Å²) in [5.41, 5.74) is 0. The van der Waals surface area contributed by atoms with Crippen LogP contribution in [-0.2, 0) is 4.74 Å². The smallest absolute Gasteiger partial charge is 0.110 e. The van der Waals surface area contributed by atoms with Gasteiger partial charge in [-0.15, -0.1) is 0 Å². The van der Waals surface area contributed by atoms with Gasteiger partial charge in [-0.1, -0.05) is 19.3 Å². The quantitative estimate of drug-likeness (QED) is 0.470. The highest BCUT2D eigenvalue weighted by Crippen LogP contribution is 2.19. The van der Waals surface area contributed by atoms with E-state index >= 15 is 0 Å². The van der Waals surface area contributed by atoms with E-state index in [9.17, 15) is 0 Å². The van der Waals surface area contributed by atoms with E-state index in [2.05, 4.69) is 62.8 Å². The maximum absolute atomic E-state index is 5.32. The van der Waals surface area contributed by atoms with Gasteiger partial charge in [-0.25, -0.2) is 20.0 Å². The molecule has 28 heavy (non-hydrogen) atoms. The standard InChI is InChI=1S/C13H23N3O.C8H17N3/c1-12(16-7-9-17-10-8-16)14-11-15-13-5-3-2-4-6-13;1-4-9-8-10-6-5-7-11(2)3/h12-13H,2-10H2,1H3;4-7H2,1-3H3. The number of ether oxygens (including phenoxy) is 1. The van der Waals surface area contributed by atoms with Crippen LogP contribution in [0, 0.1) is 0 Å². The summed E-state index contributed by atoms with van der Waals surface area (Å²) in [7, 11) is 4.12. The van der Waals surface area contributed by atoms with Crippen molar-refractivity contribution < 1.29 is 4.74 Å². The van der Waals surface area contributed by atoms with Crippen molar-refractivity contribution >= 4 is 12.0 Å². The third-order valence-corrected chi connectivity index (χ3v) is 4.81. The summed E-state index contributed by atoms with van der Waals surface area (Å²) >= 11 is 0. The van der Waals surface area contributed by atoms with Crippen molar-refractivity contribution in [3.05, 3.63) is 0 Å². The second-order valence-electron chi connectivity index (χ2n) is 7.54. The van der Waals surface area contributed by atoms with Gasteiger partial charge in [0.25, 0.3) is 0 Å². The summed E-state index contributed by atoms with van der Waals surface area (Å²) < 4.78 is 5.32. The first-order chi connectivity index (χ1) is 13.6. The number of aliphatic imine (C=N–C) groups is 4. The molecule has 160 valence electrons. The Labute approximate surface area is 171 Å². The molecule has 0 amide bonds. The van der Waals surface area contributed by atoms with E-state index in [-0.39, 0.29) is 6.17 Å². The Morgan fingerprint density at radius 2 is 1.79 bits per heavy atom. The lowest BCUT2D eigenvalue weighted by Gasteiger charge is -2.29. The van der Waals surface area contributed by atoms with Crippen LogP contribution in [0.15, 0.2) is 20.0 Å². The molecule has 1 aliphatic heterocycles. The third kappa shape index (κ3) is 12.9. The van der Waals surface area contributed by atoms with E-state index in [0.29, 0.717) is 6.04 Å². The second-order valence-corrected chi connectivity index (χ2v) is 7.54. The Kier molecular flexibility index (Phi) is 14.6. The lowest BCUT2D eigenvalue weighted by Crippen LogP contribution is -2.41. The molecule has 0 N–H and O–H groups in total. The summed E-state index contributed by atoms with van der Waals surface area (Å²) in [6, 6.07) is 6.04. The molecule has 0 aromatic carbocycles. The van der Waals surface area contributed by atoms with Crippen LogP contribution in [0.3, 0.4) is 0 Å². The largest absolute Gasteiger partial charge is 0.379 e. The molecule has 0 radical (unpaired) electrons. The Morgan fingerprint density at radius 3 is 2.43 bits per heavy atom. The molecular weight excluding hydrogens is 352 g/mol. The average molecular weight is 393 g/mol. The van der Waals surface area contributed by atoms with Crippen molar-refractivity contribution in [3.63, 3.8) is 0 Å². The summed E-state index contributed by atoms with van der Waals surface area (Å²) in [5, 5.41) is 0. The number of hydrogen-bond donors (Lipinski definition) is 0. The van der Waals surface area contributed by atoms with Crippen molar-refractivity contribution in [1.29, 1.82) is 0 Å². The van der Waals surface area contributed by atoms with Crippen LogP contribution in [0.2, 0.25) is 0 Å². The lowest BCUT2D eigenvalue weighted by atomic mass is 9.96. The van der Waals surface area contributed by atoms with E-state index < -0.39 is 0 Å². The number of nitrogens with zero attached hydrogens (tertiary/aromatic N) is 6. The summed E-state index contributed by atoms with van der Waals surface area (Å²) in [6.45, 7) is 10.3. The normalized spacial score (nSPS) is 18.9.